The van der Waals surface area contributed by atoms with E-state index in [1.807, 2.05) is 11.6 Å². The average Bonchev–Trinajstić information content (AvgIpc) is 2.59. The van der Waals surface area contributed by atoms with E-state index in [0.29, 0.717) is 0 Å². The van der Waals surface area contributed by atoms with Crippen LogP contribution in [0.2, 0.25) is 0 Å². The molecule has 0 fully saturated rings. The van der Waals surface area contributed by atoms with E-state index in [2.05, 4.69) is 10.3 Å². The first-order valence-electron chi connectivity index (χ1n) is 5.32. The summed E-state index contributed by atoms with van der Waals surface area (Å²) < 4.78 is 1.91. The van der Waals surface area contributed by atoms with Crippen molar-refractivity contribution in [2.45, 2.75) is 45.1 Å². The van der Waals surface area contributed by atoms with Crippen LogP contribution < -0.4 is 0 Å². The van der Waals surface area contributed by atoms with Crippen LogP contribution in [0.4, 0.5) is 0 Å². The van der Waals surface area contributed by atoms with Gasteiger partial charge in [0.2, 0.25) is 0 Å². The zero-order valence-electron chi connectivity index (χ0n) is 8.81. The molecule has 0 aliphatic carbocycles. The molecule has 2 heterocycles. The van der Waals surface area contributed by atoms with E-state index in [4.69, 9.17) is 5.11 Å². The van der Waals surface area contributed by atoms with Gasteiger partial charge in [0, 0.05) is 12.5 Å². The van der Waals surface area contributed by atoms with Crippen molar-refractivity contribution in [2.24, 2.45) is 0 Å². The third kappa shape index (κ3) is 2.00. The Balaban J connectivity index is 2.20. The smallest absolute Gasteiger partial charge is 0.304 e. The van der Waals surface area contributed by atoms with Gasteiger partial charge in [-0.25, -0.2) is 4.68 Å². The number of aliphatic carboxylic acids is 1. The molecule has 1 aliphatic rings. The maximum Gasteiger partial charge on any atom is 0.304 e. The quantitative estimate of drug-likeness (QED) is 0.812. The Morgan fingerprint density at radius 3 is 3.13 bits per heavy atom. The van der Waals surface area contributed by atoms with Gasteiger partial charge in [0.05, 0.1) is 17.8 Å². The highest BCUT2D eigenvalue weighted by Crippen LogP contribution is 2.24. The topological polar surface area (TPSA) is 68.0 Å². The van der Waals surface area contributed by atoms with Crippen LogP contribution in [-0.4, -0.2) is 26.1 Å². The van der Waals surface area contributed by atoms with Crippen molar-refractivity contribution in [1.29, 1.82) is 0 Å². The van der Waals surface area contributed by atoms with Crippen molar-refractivity contribution >= 4 is 5.97 Å². The number of carbonyl (C=O) groups is 1. The van der Waals surface area contributed by atoms with E-state index >= 15 is 0 Å². The molecule has 1 aromatic rings. The van der Waals surface area contributed by atoms with Gasteiger partial charge in [-0.05, 0) is 19.3 Å². The van der Waals surface area contributed by atoms with Gasteiger partial charge in [-0.3, -0.25) is 4.79 Å². The van der Waals surface area contributed by atoms with Gasteiger partial charge in [0.25, 0.3) is 0 Å². The molecule has 1 atom stereocenters. The highest BCUT2D eigenvalue weighted by atomic mass is 16.4. The summed E-state index contributed by atoms with van der Waals surface area (Å²) in [5.74, 6) is -0.815. The molecule has 2 rings (SSSR count). The molecule has 0 saturated carbocycles. The van der Waals surface area contributed by atoms with Crippen molar-refractivity contribution in [3.63, 3.8) is 0 Å². The monoisotopic (exact) mass is 209 g/mol. The van der Waals surface area contributed by atoms with E-state index in [1.54, 1.807) is 0 Å². The Hall–Kier alpha value is -1.39. The Kier molecular flexibility index (Phi) is 2.70. The first-order chi connectivity index (χ1) is 7.18. The van der Waals surface area contributed by atoms with Crippen LogP contribution in [-0.2, 0) is 17.8 Å². The summed E-state index contributed by atoms with van der Waals surface area (Å²) in [6, 6.07) is 0. The lowest BCUT2D eigenvalue weighted by molar-refractivity contribution is -0.137. The first kappa shape index (κ1) is 10.1. The maximum absolute atomic E-state index is 10.6. The molecule has 0 radical (unpaired) electrons. The van der Waals surface area contributed by atoms with Crippen LogP contribution >= 0.6 is 0 Å². The SMILES string of the molecule is CC(CC(=O)O)c1nnn2c1CCCC2. The number of fused-ring (bicyclic) bond motifs is 1. The van der Waals surface area contributed by atoms with Crippen LogP contribution in [0.5, 0.6) is 0 Å². The number of carboxylic acids is 1. The Morgan fingerprint density at radius 2 is 2.40 bits per heavy atom. The number of rotatable bonds is 3. The molecule has 1 aromatic heterocycles. The van der Waals surface area contributed by atoms with Crippen molar-refractivity contribution < 1.29 is 9.90 Å². The van der Waals surface area contributed by atoms with E-state index in [-0.39, 0.29) is 12.3 Å². The van der Waals surface area contributed by atoms with Crippen molar-refractivity contribution in [3.8, 4) is 0 Å². The fraction of sp³-hybridized carbons (Fsp3) is 0.700. The normalized spacial score (nSPS) is 17.1. The highest BCUT2D eigenvalue weighted by molar-refractivity contribution is 5.67. The lowest BCUT2D eigenvalue weighted by atomic mass is 9.98. The molecule has 1 N–H and O–H groups in total. The molecule has 0 bridgehead atoms. The number of carboxylic acid groups (broad SMARTS) is 1. The van der Waals surface area contributed by atoms with E-state index < -0.39 is 5.97 Å². The molecule has 82 valence electrons. The van der Waals surface area contributed by atoms with Crippen LogP contribution in [0.15, 0.2) is 0 Å². The molecule has 0 amide bonds. The molecule has 0 aromatic carbocycles. The Bertz CT molecular complexity index is 373. The van der Waals surface area contributed by atoms with Crippen LogP contribution in [0, 0.1) is 0 Å². The summed E-state index contributed by atoms with van der Waals surface area (Å²) in [6.07, 6.45) is 3.40. The zero-order chi connectivity index (χ0) is 10.8. The molecular weight excluding hydrogens is 194 g/mol. The number of hydrogen-bond donors (Lipinski definition) is 1. The Morgan fingerprint density at radius 1 is 1.60 bits per heavy atom. The van der Waals surface area contributed by atoms with Crippen molar-refractivity contribution in [1.82, 2.24) is 15.0 Å². The summed E-state index contributed by atoms with van der Waals surface area (Å²) in [7, 11) is 0. The highest BCUT2D eigenvalue weighted by Gasteiger charge is 2.22. The summed E-state index contributed by atoms with van der Waals surface area (Å²) in [5, 5.41) is 16.9. The van der Waals surface area contributed by atoms with E-state index in [1.165, 1.54) is 0 Å². The largest absolute Gasteiger partial charge is 0.481 e. The molecule has 1 unspecified atom stereocenters. The van der Waals surface area contributed by atoms with Gasteiger partial charge < -0.3 is 5.11 Å². The number of nitrogens with zero attached hydrogens (tertiary/aromatic N) is 3. The summed E-state index contributed by atoms with van der Waals surface area (Å²) in [4.78, 5) is 10.6. The van der Waals surface area contributed by atoms with E-state index in [0.717, 1.165) is 37.2 Å². The van der Waals surface area contributed by atoms with Crippen LogP contribution in [0.3, 0.4) is 0 Å². The van der Waals surface area contributed by atoms with Gasteiger partial charge in [-0.1, -0.05) is 12.1 Å². The fourth-order valence-electron chi connectivity index (χ4n) is 2.08. The zero-order valence-corrected chi connectivity index (χ0v) is 8.81. The van der Waals surface area contributed by atoms with Crippen LogP contribution in [0.1, 0.15) is 43.5 Å². The van der Waals surface area contributed by atoms with E-state index in [9.17, 15) is 4.79 Å². The molecule has 5 nitrogen and oxygen atoms in total. The minimum absolute atomic E-state index is 0.0376. The van der Waals surface area contributed by atoms with Gasteiger partial charge in [-0.15, -0.1) is 5.10 Å². The second-order valence-electron chi connectivity index (χ2n) is 4.10. The van der Waals surface area contributed by atoms with Gasteiger partial charge in [-0.2, -0.15) is 0 Å². The maximum atomic E-state index is 10.6. The standard InChI is InChI=1S/C10H15N3O2/c1-7(6-9(14)15)10-8-4-2-3-5-13(8)12-11-10/h7H,2-6H2,1H3,(H,14,15). The van der Waals surface area contributed by atoms with Gasteiger partial charge in [0.15, 0.2) is 0 Å². The predicted molar refractivity (Wildman–Crippen MR) is 53.6 cm³/mol. The minimum atomic E-state index is -0.778. The first-order valence-corrected chi connectivity index (χ1v) is 5.32. The lowest BCUT2D eigenvalue weighted by Crippen LogP contribution is -2.13. The molecular formula is C10H15N3O2. The molecule has 0 spiro atoms. The third-order valence-corrected chi connectivity index (χ3v) is 2.85. The van der Waals surface area contributed by atoms with Crippen LogP contribution in [0.25, 0.3) is 0 Å². The predicted octanol–water partition coefficient (Wildman–Crippen LogP) is 1.19. The number of aromatic nitrogens is 3. The average molecular weight is 209 g/mol. The summed E-state index contributed by atoms with van der Waals surface area (Å²) in [6.45, 7) is 2.82. The molecule has 5 heteroatoms. The van der Waals surface area contributed by atoms with Crippen molar-refractivity contribution in [2.75, 3.05) is 0 Å². The third-order valence-electron chi connectivity index (χ3n) is 2.85. The second kappa shape index (κ2) is 4.00. The minimum Gasteiger partial charge on any atom is -0.481 e. The van der Waals surface area contributed by atoms with Gasteiger partial charge in [0.1, 0.15) is 0 Å². The fourth-order valence-corrected chi connectivity index (χ4v) is 2.08. The number of aryl methyl sites for hydroxylation is 1. The molecule has 15 heavy (non-hydrogen) atoms. The molecule has 0 saturated heterocycles. The Labute approximate surface area is 88.1 Å². The molecule has 1 aliphatic heterocycles. The van der Waals surface area contributed by atoms with Gasteiger partial charge >= 0.3 is 5.97 Å². The summed E-state index contributed by atoms with van der Waals surface area (Å²) >= 11 is 0. The van der Waals surface area contributed by atoms with Crippen molar-refractivity contribution in [3.05, 3.63) is 11.4 Å². The lowest BCUT2D eigenvalue weighted by Gasteiger charge is -2.14. The number of hydrogen-bond acceptors (Lipinski definition) is 3. The summed E-state index contributed by atoms with van der Waals surface area (Å²) in [5.41, 5.74) is 2.01. The second-order valence-corrected chi connectivity index (χ2v) is 4.10.